The Bertz CT molecular complexity index is 549. The van der Waals surface area contributed by atoms with Gasteiger partial charge in [0, 0.05) is 4.90 Å². The lowest BCUT2D eigenvalue weighted by atomic mass is 9.97. The summed E-state index contributed by atoms with van der Waals surface area (Å²) in [6, 6.07) is 13.7. The van der Waals surface area contributed by atoms with Crippen molar-refractivity contribution in [3.05, 3.63) is 59.2 Å². The van der Waals surface area contributed by atoms with Crippen molar-refractivity contribution in [3.63, 3.8) is 0 Å². The summed E-state index contributed by atoms with van der Waals surface area (Å²) >= 11 is 1.69. The molecule has 2 aromatic rings. The van der Waals surface area contributed by atoms with Crippen molar-refractivity contribution < 1.29 is 9.84 Å². The van der Waals surface area contributed by atoms with Gasteiger partial charge in [0.15, 0.2) is 0 Å². The third-order valence-corrected chi connectivity index (χ3v) is 3.95. The number of aliphatic hydroxyl groups excluding tert-OH is 1. The zero-order chi connectivity index (χ0) is 13.8. The molecular formula is C16H18O2S. The van der Waals surface area contributed by atoms with E-state index in [4.69, 9.17) is 4.74 Å². The molecule has 1 unspecified atom stereocenters. The maximum atomic E-state index is 10.5. The molecule has 3 heteroatoms. The quantitative estimate of drug-likeness (QED) is 0.860. The van der Waals surface area contributed by atoms with Gasteiger partial charge in [-0.2, -0.15) is 0 Å². The van der Waals surface area contributed by atoms with E-state index in [1.807, 2.05) is 55.6 Å². The first-order valence-electron chi connectivity index (χ1n) is 6.12. The molecule has 1 atom stereocenters. The molecular weight excluding hydrogens is 256 g/mol. The van der Waals surface area contributed by atoms with Crippen molar-refractivity contribution in [2.75, 3.05) is 13.4 Å². The third-order valence-electron chi connectivity index (χ3n) is 3.20. The Kier molecular flexibility index (Phi) is 4.51. The average Bonchev–Trinajstić information content (AvgIpc) is 2.46. The standard InChI is InChI=1S/C16H18O2S/c1-11-10-13(18-2)6-9-15(11)16(17)12-4-7-14(19-3)8-5-12/h4-10,16-17H,1-3H3. The number of aryl methyl sites for hydroxylation is 1. The number of thioether (sulfide) groups is 1. The smallest absolute Gasteiger partial charge is 0.119 e. The van der Waals surface area contributed by atoms with Crippen molar-refractivity contribution in [1.82, 2.24) is 0 Å². The molecule has 0 amide bonds. The second kappa shape index (κ2) is 6.13. The lowest BCUT2D eigenvalue weighted by molar-refractivity contribution is 0.219. The zero-order valence-electron chi connectivity index (χ0n) is 11.4. The van der Waals surface area contributed by atoms with Crippen molar-refractivity contribution >= 4 is 11.8 Å². The summed E-state index contributed by atoms with van der Waals surface area (Å²) < 4.78 is 5.18. The molecule has 0 aromatic heterocycles. The molecule has 0 aliphatic carbocycles. The van der Waals surface area contributed by atoms with Crippen LogP contribution < -0.4 is 4.74 Å². The largest absolute Gasteiger partial charge is 0.497 e. The van der Waals surface area contributed by atoms with Gasteiger partial charge in [-0.25, -0.2) is 0 Å². The molecule has 100 valence electrons. The summed E-state index contributed by atoms with van der Waals surface area (Å²) in [6.07, 6.45) is 1.45. The number of hydrogen-bond donors (Lipinski definition) is 1. The van der Waals surface area contributed by atoms with Gasteiger partial charge in [0.1, 0.15) is 11.9 Å². The maximum Gasteiger partial charge on any atom is 0.119 e. The van der Waals surface area contributed by atoms with Crippen LogP contribution in [0.1, 0.15) is 22.8 Å². The Morgan fingerprint density at radius 3 is 2.32 bits per heavy atom. The highest BCUT2D eigenvalue weighted by molar-refractivity contribution is 7.98. The summed E-state index contributed by atoms with van der Waals surface area (Å²) in [6.45, 7) is 1.98. The second-order valence-corrected chi connectivity index (χ2v) is 5.28. The number of benzene rings is 2. The van der Waals surface area contributed by atoms with Gasteiger partial charge >= 0.3 is 0 Å². The molecule has 1 N–H and O–H groups in total. The summed E-state index contributed by atoms with van der Waals surface area (Å²) in [5, 5.41) is 10.5. The lowest BCUT2D eigenvalue weighted by Gasteiger charge is -2.15. The van der Waals surface area contributed by atoms with Gasteiger partial charge in [0.2, 0.25) is 0 Å². The normalized spacial score (nSPS) is 12.2. The van der Waals surface area contributed by atoms with Crippen molar-refractivity contribution in [3.8, 4) is 5.75 Å². The van der Waals surface area contributed by atoms with Crippen LogP contribution >= 0.6 is 11.8 Å². The fourth-order valence-electron chi connectivity index (χ4n) is 2.05. The lowest BCUT2D eigenvalue weighted by Crippen LogP contribution is -2.02. The van der Waals surface area contributed by atoms with Crippen molar-refractivity contribution in [2.24, 2.45) is 0 Å². The highest BCUT2D eigenvalue weighted by atomic mass is 32.2. The Labute approximate surface area is 118 Å². The zero-order valence-corrected chi connectivity index (χ0v) is 12.2. The van der Waals surface area contributed by atoms with Crippen LogP contribution in [0, 0.1) is 6.92 Å². The fourth-order valence-corrected chi connectivity index (χ4v) is 2.46. The van der Waals surface area contributed by atoms with Crippen LogP contribution in [0.5, 0.6) is 5.75 Å². The van der Waals surface area contributed by atoms with Crippen LogP contribution in [-0.2, 0) is 0 Å². The van der Waals surface area contributed by atoms with Gasteiger partial charge in [0.05, 0.1) is 7.11 Å². The van der Waals surface area contributed by atoms with Crippen LogP contribution in [0.25, 0.3) is 0 Å². The number of rotatable bonds is 4. The molecule has 0 spiro atoms. The van der Waals surface area contributed by atoms with Crippen LogP contribution in [0.15, 0.2) is 47.4 Å². The summed E-state index contributed by atoms with van der Waals surface area (Å²) in [5.74, 6) is 0.811. The van der Waals surface area contributed by atoms with Crippen molar-refractivity contribution in [2.45, 2.75) is 17.9 Å². The topological polar surface area (TPSA) is 29.5 Å². The molecule has 0 fully saturated rings. The predicted molar refractivity (Wildman–Crippen MR) is 80.0 cm³/mol. The first-order valence-corrected chi connectivity index (χ1v) is 7.34. The van der Waals surface area contributed by atoms with Gasteiger partial charge in [0.25, 0.3) is 0 Å². The van der Waals surface area contributed by atoms with E-state index in [1.165, 1.54) is 4.90 Å². The minimum Gasteiger partial charge on any atom is -0.497 e. The van der Waals surface area contributed by atoms with Crippen LogP contribution in [0.2, 0.25) is 0 Å². The van der Waals surface area contributed by atoms with Crippen LogP contribution in [-0.4, -0.2) is 18.5 Å². The van der Waals surface area contributed by atoms with Gasteiger partial charge in [-0.05, 0) is 54.1 Å². The predicted octanol–water partition coefficient (Wildman–Crippen LogP) is 3.81. The monoisotopic (exact) mass is 274 g/mol. The molecule has 0 bridgehead atoms. The molecule has 19 heavy (non-hydrogen) atoms. The van der Waals surface area contributed by atoms with Gasteiger partial charge in [-0.3, -0.25) is 0 Å². The fraction of sp³-hybridized carbons (Fsp3) is 0.250. The molecule has 0 radical (unpaired) electrons. The Balaban J connectivity index is 2.29. The highest BCUT2D eigenvalue weighted by Crippen LogP contribution is 2.28. The van der Waals surface area contributed by atoms with E-state index in [-0.39, 0.29) is 0 Å². The van der Waals surface area contributed by atoms with Gasteiger partial charge in [-0.15, -0.1) is 11.8 Å². The number of aliphatic hydroxyl groups is 1. The van der Waals surface area contributed by atoms with Gasteiger partial charge < -0.3 is 9.84 Å². The molecule has 0 aliphatic rings. The summed E-state index contributed by atoms with van der Waals surface area (Å²) in [5.41, 5.74) is 2.85. The summed E-state index contributed by atoms with van der Waals surface area (Å²) in [7, 11) is 1.64. The van der Waals surface area contributed by atoms with E-state index < -0.39 is 6.10 Å². The molecule has 0 saturated carbocycles. The molecule has 2 rings (SSSR count). The molecule has 0 saturated heterocycles. The Morgan fingerprint density at radius 2 is 1.79 bits per heavy atom. The maximum absolute atomic E-state index is 10.5. The van der Waals surface area contributed by atoms with Crippen molar-refractivity contribution in [1.29, 1.82) is 0 Å². The van der Waals surface area contributed by atoms with E-state index in [0.29, 0.717) is 0 Å². The summed E-state index contributed by atoms with van der Waals surface area (Å²) in [4.78, 5) is 1.20. The highest BCUT2D eigenvalue weighted by Gasteiger charge is 2.13. The third kappa shape index (κ3) is 3.11. The van der Waals surface area contributed by atoms with E-state index in [1.54, 1.807) is 18.9 Å². The van der Waals surface area contributed by atoms with E-state index in [2.05, 4.69) is 0 Å². The number of methoxy groups -OCH3 is 1. The second-order valence-electron chi connectivity index (χ2n) is 4.40. The van der Waals surface area contributed by atoms with E-state index >= 15 is 0 Å². The first kappa shape index (κ1) is 14.0. The van der Waals surface area contributed by atoms with E-state index in [0.717, 1.165) is 22.4 Å². The molecule has 2 nitrogen and oxygen atoms in total. The van der Waals surface area contributed by atoms with Gasteiger partial charge in [-0.1, -0.05) is 18.2 Å². The SMILES string of the molecule is COc1ccc(C(O)c2ccc(SC)cc2)c(C)c1. The Hall–Kier alpha value is -1.45. The van der Waals surface area contributed by atoms with Crippen LogP contribution in [0.3, 0.4) is 0 Å². The molecule has 0 aliphatic heterocycles. The number of ether oxygens (including phenoxy) is 1. The Morgan fingerprint density at radius 1 is 1.11 bits per heavy atom. The van der Waals surface area contributed by atoms with Crippen LogP contribution in [0.4, 0.5) is 0 Å². The number of hydrogen-bond acceptors (Lipinski definition) is 3. The van der Waals surface area contributed by atoms with E-state index in [9.17, 15) is 5.11 Å². The average molecular weight is 274 g/mol. The first-order chi connectivity index (χ1) is 9.15. The molecule has 0 heterocycles. The molecule has 2 aromatic carbocycles. The minimum absolute atomic E-state index is 0.596. The minimum atomic E-state index is -0.596.